The van der Waals surface area contributed by atoms with Crippen LogP contribution in [0, 0.1) is 5.92 Å². The number of phosphoric ester groups is 2. The van der Waals surface area contributed by atoms with E-state index in [-0.39, 0.29) is 25.7 Å². The highest BCUT2D eigenvalue weighted by molar-refractivity contribution is 7.47. The first-order valence-corrected chi connectivity index (χ1v) is 36.9. The summed E-state index contributed by atoms with van der Waals surface area (Å²) in [6.07, 6.45) is 46.8. The van der Waals surface area contributed by atoms with Crippen LogP contribution in [0.2, 0.25) is 0 Å². The van der Waals surface area contributed by atoms with E-state index in [4.69, 9.17) is 37.0 Å². The van der Waals surface area contributed by atoms with Gasteiger partial charge >= 0.3 is 39.5 Å². The van der Waals surface area contributed by atoms with Gasteiger partial charge in [0.15, 0.2) is 12.2 Å². The van der Waals surface area contributed by atoms with Gasteiger partial charge in [0.25, 0.3) is 0 Å². The van der Waals surface area contributed by atoms with Crippen LogP contribution in [0.3, 0.4) is 0 Å². The SMILES string of the molecule is CCCCCC/C=C\C=C/CCCCCCCC(=O)O[C@H](COC(=O)CCCCCCCCCCCCCCC)COP(=O)(O)OC[C@@H](O)COP(=O)(O)OC[C@@H](COC(=O)CCCCCCCCCC)OC(=O)CCCCCCCCC(C)C. The van der Waals surface area contributed by atoms with E-state index in [9.17, 15) is 43.2 Å². The number of carbonyl (C=O) groups excluding carboxylic acids is 4. The smallest absolute Gasteiger partial charge is 0.462 e. The normalized spacial score (nSPS) is 14.4. The first kappa shape index (κ1) is 82.5. The van der Waals surface area contributed by atoms with Crippen molar-refractivity contribution in [3.8, 4) is 0 Å². The lowest BCUT2D eigenvalue weighted by Gasteiger charge is -2.21. The predicted molar refractivity (Wildman–Crippen MR) is 340 cm³/mol. The lowest BCUT2D eigenvalue weighted by atomic mass is 10.0. The van der Waals surface area contributed by atoms with E-state index in [0.717, 1.165) is 109 Å². The molecule has 85 heavy (non-hydrogen) atoms. The summed E-state index contributed by atoms with van der Waals surface area (Å²) >= 11 is 0. The number of carbonyl (C=O) groups is 4. The number of aliphatic hydroxyl groups excluding tert-OH is 1. The molecule has 0 radical (unpaired) electrons. The zero-order valence-electron chi connectivity index (χ0n) is 54.2. The molecule has 0 aromatic heterocycles. The third-order valence-corrected chi connectivity index (χ3v) is 16.6. The maximum absolute atomic E-state index is 13.0. The van der Waals surface area contributed by atoms with Crippen LogP contribution in [-0.2, 0) is 65.4 Å². The third-order valence-electron chi connectivity index (χ3n) is 14.7. The fourth-order valence-corrected chi connectivity index (χ4v) is 11.0. The van der Waals surface area contributed by atoms with E-state index in [0.29, 0.717) is 31.6 Å². The Labute approximate surface area is 516 Å². The second-order valence-corrected chi connectivity index (χ2v) is 26.6. The molecular formula is C66H124O17P2. The van der Waals surface area contributed by atoms with Gasteiger partial charge in [-0.25, -0.2) is 9.13 Å². The molecule has 0 saturated heterocycles. The summed E-state index contributed by atoms with van der Waals surface area (Å²) in [6.45, 7) is 7.02. The predicted octanol–water partition coefficient (Wildman–Crippen LogP) is 18.1. The second-order valence-electron chi connectivity index (χ2n) is 23.6. The number of allylic oxidation sites excluding steroid dienone is 4. The number of esters is 4. The number of phosphoric acid groups is 2. The Kier molecular flexibility index (Phi) is 57.5. The standard InChI is InChI=1S/C66H124O17P2/c1-6-9-12-15-18-21-23-25-26-28-30-32-35-41-46-51-65(70)82-61(55-77-64(69)50-45-40-34-31-29-27-24-22-19-16-13-10-7-2)57-80-84(72,73)78-53-60(67)54-79-85(74,75)81-58-62(56-76-63(68)49-44-39-33-20-17-14-11-8-3)83-66(71)52-47-42-37-36-38-43-48-59(4)5/h21,23,25-26,59-62,67H,6-20,22,24,27-58H2,1-5H3,(H,72,73)(H,74,75)/b23-21-,26-25-/t60-,61-,62-/m1/s1. The van der Waals surface area contributed by atoms with Gasteiger partial charge in [-0.1, -0.05) is 258 Å². The molecule has 0 aromatic carbocycles. The van der Waals surface area contributed by atoms with Crippen LogP contribution < -0.4 is 0 Å². The fourth-order valence-electron chi connectivity index (χ4n) is 9.40. The summed E-state index contributed by atoms with van der Waals surface area (Å²) in [5.74, 6) is -1.50. The van der Waals surface area contributed by atoms with Gasteiger partial charge in [-0.05, 0) is 57.3 Å². The summed E-state index contributed by atoms with van der Waals surface area (Å²) in [5, 5.41) is 10.5. The van der Waals surface area contributed by atoms with Gasteiger partial charge in [-0.2, -0.15) is 0 Å². The average molecular weight is 1250 g/mol. The van der Waals surface area contributed by atoms with Gasteiger partial charge in [0.2, 0.25) is 0 Å². The Morgan fingerprint density at radius 3 is 0.965 bits per heavy atom. The molecule has 0 aliphatic carbocycles. The van der Waals surface area contributed by atoms with Crippen molar-refractivity contribution in [2.24, 2.45) is 5.92 Å². The van der Waals surface area contributed by atoms with E-state index in [2.05, 4.69) is 58.9 Å². The summed E-state index contributed by atoms with van der Waals surface area (Å²) in [7, 11) is -9.90. The molecule has 0 amide bonds. The monoisotopic (exact) mass is 1250 g/mol. The van der Waals surface area contributed by atoms with Gasteiger partial charge in [0, 0.05) is 25.7 Å². The zero-order valence-corrected chi connectivity index (χ0v) is 56.0. The molecule has 5 atom stereocenters. The molecule has 0 aromatic rings. The lowest BCUT2D eigenvalue weighted by Crippen LogP contribution is -2.30. The highest BCUT2D eigenvalue weighted by atomic mass is 31.2. The van der Waals surface area contributed by atoms with Crippen LogP contribution in [-0.4, -0.2) is 96.7 Å². The average Bonchev–Trinajstić information content (AvgIpc) is 3.64. The fraction of sp³-hybridized carbons (Fsp3) is 0.879. The summed E-state index contributed by atoms with van der Waals surface area (Å²) in [5.41, 5.74) is 0. The van der Waals surface area contributed by atoms with Gasteiger partial charge < -0.3 is 33.8 Å². The topological polar surface area (TPSA) is 237 Å². The lowest BCUT2D eigenvalue weighted by molar-refractivity contribution is -0.161. The van der Waals surface area contributed by atoms with Crippen molar-refractivity contribution in [3.63, 3.8) is 0 Å². The number of hydrogen-bond donors (Lipinski definition) is 3. The van der Waals surface area contributed by atoms with Crippen molar-refractivity contribution in [1.29, 1.82) is 0 Å². The molecule has 0 saturated carbocycles. The van der Waals surface area contributed by atoms with Crippen LogP contribution in [0.25, 0.3) is 0 Å². The van der Waals surface area contributed by atoms with Crippen molar-refractivity contribution < 1.29 is 80.2 Å². The Balaban J connectivity index is 5.26. The molecular weight excluding hydrogens is 1130 g/mol. The van der Waals surface area contributed by atoms with Crippen LogP contribution in [0.5, 0.6) is 0 Å². The van der Waals surface area contributed by atoms with Crippen molar-refractivity contribution in [3.05, 3.63) is 24.3 Å². The first-order chi connectivity index (χ1) is 41.0. The van der Waals surface area contributed by atoms with Crippen LogP contribution in [0.1, 0.15) is 311 Å². The van der Waals surface area contributed by atoms with Crippen LogP contribution in [0.4, 0.5) is 0 Å². The zero-order chi connectivity index (χ0) is 62.8. The Bertz CT molecular complexity index is 1740. The molecule has 0 aliphatic rings. The van der Waals surface area contributed by atoms with E-state index < -0.39 is 97.5 Å². The highest BCUT2D eigenvalue weighted by Crippen LogP contribution is 2.45. The Morgan fingerprint density at radius 2 is 0.635 bits per heavy atom. The van der Waals surface area contributed by atoms with Crippen molar-refractivity contribution in [1.82, 2.24) is 0 Å². The van der Waals surface area contributed by atoms with E-state index in [1.807, 2.05) is 0 Å². The van der Waals surface area contributed by atoms with Crippen molar-refractivity contribution in [2.45, 2.75) is 329 Å². The number of aliphatic hydroxyl groups is 1. The molecule has 0 fully saturated rings. The minimum absolute atomic E-state index is 0.0852. The van der Waals surface area contributed by atoms with Crippen LogP contribution >= 0.6 is 15.6 Å². The second kappa shape index (κ2) is 59.2. The van der Waals surface area contributed by atoms with E-state index >= 15 is 0 Å². The number of hydrogen-bond acceptors (Lipinski definition) is 15. The molecule has 2 unspecified atom stereocenters. The minimum atomic E-state index is -4.95. The number of ether oxygens (including phenoxy) is 4. The Morgan fingerprint density at radius 1 is 0.365 bits per heavy atom. The maximum Gasteiger partial charge on any atom is 0.472 e. The minimum Gasteiger partial charge on any atom is -0.462 e. The highest BCUT2D eigenvalue weighted by Gasteiger charge is 2.30. The quantitative estimate of drug-likeness (QED) is 0.0169. The summed E-state index contributed by atoms with van der Waals surface area (Å²) in [4.78, 5) is 72.2. The molecule has 0 spiro atoms. The molecule has 0 bridgehead atoms. The maximum atomic E-state index is 13.0. The Hall–Kier alpha value is -2.46. The molecule has 0 aliphatic heterocycles. The molecule has 0 heterocycles. The van der Waals surface area contributed by atoms with E-state index in [1.54, 1.807) is 0 Å². The van der Waals surface area contributed by atoms with Gasteiger partial charge in [0.05, 0.1) is 26.4 Å². The van der Waals surface area contributed by atoms with Crippen molar-refractivity contribution >= 4 is 39.5 Å². The third kappa shape index (κ3) is 60.2. The summed E-state index contributed by atoms with van der Waals surface area (Å²) < 4.78 is 67.9. The van der Waals surface area contributed by atoms with Crippen LogP contribution in [0.15, 0.2) is 24.3 Å². The largest absolute Gasteiger partial charge is 0.472 e. The molecule has 19 heteroatoms. The summed E-state index contributed by atoms with van der Waals surface area (Å²) in [6, 6.07) is 0. The first-order valence-electron chi connectivity index (χ1n) is 34.0. The molecule has 0 rings (SSSR count). The van der Waals surface area contributed by atoms with Gasteiger partial charge in [-0.15, -0.1) is 0 Å². The van der Waals surface area contributed by atoms with Gasteiger partial charge in [-0.3, -0.25) is 37.3 Å². The molecule has 500 valence electrons. The number of rotatable bonds is 64. The van der Waals surface area contributed by atoms with Crippen molar-refractivity contribution in [2.75, 3.05) is 39.6 Å². The molecule has 3 N–H and O–H groups in total. The number of unbranched alkanes of at least 4 members (excludes halogenated alkanes) is 33. The van der Waals surface area contributed by atoms with Gasteiger partial charge in [0.1, 0.15) is 19.3 Å². The molecule has 17 nitrogen and oxygen atoms in total. The van der Waals surface area contributed by atoms with E-state index in [1.165, 1.54) is 116 Å².